The van der Waals surface area contributed by atoms with E-state index < -0.39 is 11.9 Å². The normalized spacial score (nSPS) is 18.5. The van der Waals surface area contributed by atoms with Crippen LogP contribution in [0.4, 0.5) is 17.4 Å². The molecule has 2 fully saturated rings. The van der Waals surface area contributed by atoms with Crippen molar-refractivity contribution in [1.82, 2.24) is 14.8 Å². The number of amides is 2. The van der Waals surface area contributed by atoms with Gasteiger partial charge in [-0.25, -0.2) is 0 Å². The minimum atomic E-state index is -0.915. The molecule has 2 aliphatic rings. The predicted octanol–water partition coefficient (Wildman–Crippen LogP) is 4.15. The number of carboxylic acid groups (broad SMARTS) is 1. The number of oxazole rings is 1. The summed E-state index contributed by atoms with van der Waals surface area (Å²) in [4.78, 5) is 50.4. The van der Waals surface area contributed by atoms with Crippen molar-refractivity contribution in [2.24, 2.45) is 5.92 Å². The van der Waals surface area contributed by atoms with E-state index in [9.17, 15) is 19.5 Å². The third-order valence-electron chi connectivity index (χ3n) is 8.95. The van der Waals surface area contributed by atoms with E-state index >= 15 is 0 Å². The standard InChI is InChI=1S/C35H39N5O6/c1-3-40(27-7-5-4-6-8-27)35-36-30-14-9-24(19-31(30)46-35)20-32(41)37(2)26-12-10-25(11-13-26)28-21-39(22-29(28)34(43)44)33(42)23-38-15-17-45-18-16-38/h4-14,19,28-29H,3,15-18,20-23H2,1-2H3,(H,43,44). The number of likely N-dealkylation sites (N-methyl/N-ethyl adjacent to an activating group) is 1. The lowest BCUT2D eigenvalue weighted by Crippen LogP contribution is -2.44. The summed E-state index contributed by atoms with van der Waals surface area (Å²) in [6, 6.07) is 23.4. The van der Waals surface area contributed by atoms with Crippen LogP contribution in [0.15, 0.2) is 77.2 Å². The average molecular weight is 626 g/mol. The number of carboxylic acids is 1. The fourth-order valence-corrected chi connectivity index (χ4v) is 6.25. The Hall–Kier alpha value is -4.74. The first-order chi connectivity index (χ1) is 22.3. The molecule has 1 aromatic heterocycles. The van der Waals surface area contributed by atoms with E-state index in [4.69, 9.17) is 9.15 Å². The molecular formula is C35H39N5O6. The van der Waals surface area contributed by atoms with Crippen molar-refractivity contribution in [1.29, 1.82) is 0 Å². The predicted molar refractivity (Wildman–Crippen MR) is 174 cm³/mol. The van der Waals surface area contributed by atoms with Crippen LogP contribution in [0, 0.1) is 5.92 Å². The molecule has 0 radical (unpaired) electrons. The minimum Gasteiger partial charge on any atom is -0.481 e. The van der Waals surface area contributed by atoms with Gasteiger partial charge in [-0.2, -0.15) is 4.98 Å². The van der Waals surface area contributed by atoms with E-state index in [0.29, 0.717) is 56.7 Å². The van der Waals surface area contributed by atoms with Gasteiger partial charge in [0, 0.05) is 57.1 Å². The van der Waals surface area contributed by atoms with Crippen LogP contribution in [0.3, 0.4) is 0 Å². The maximum absolute atomic E-state index is 13.3. The first-order valence-electron chi connectivity index (χ1n) is 15.7. The highest BCUT2D eigenvalue weighted by molar-refractivity contribution is 5.94. The quantitative estimate of drug-likeness (QED) is 0.277. The number of carbonyl (C=O) groups is 3. The van der Waals surface area contributed by atoms with E-state index in [0.717, 1.165) is 22.3 Å². The molecule has 0 bridgehead atoms. The lowest BCUT2D eigenvalue weighted by Gasteiger charge is -2.28. The van der Waals surface area contributed by atoms with Crippen LogP contribution >= 0.6 is 0 Å². The van der Waals surface area contributed by atoms with Crippen molar-refractivity contribution in [2.45, 2.75) is 19.3 Å². The summed E-state index contributed by atoms with van der Waals surface area (Å²) in [7, 11) is 1.73. The molecule has 2 saturated heterocycles. The lowest BCUT2D eigenvalue weighted by molar-refractivity contribution is -0.142. The van der Waals surface area contributed by atoms with Crippen LogP contribution in [0.2, 0.25) is 0 Å². The van der Waals surface area contributed by atoms with Crippen molar-refractivity contribution >= 4 is 46.3 Å². The molecule has 4 aromatic rings. The zero-order valence-corrected chi connectivity index (χ0v) is 26.2. The Morgan fingerprint density at radius 3 is 2.39 bits per heavy atom. The maximum Gasteiger partial charge on any atom is 0.308 e. The SMILES string of the molecule is CCN(c1ccccc1)c1nc2ccc(CC(=O)N(C)c3ccc(C4CN(C(=O)CN5CCOCC5)CC4C(=O)O)cc3)cc2o1. The molecule has 0 aliphatic carbocycles. The smallest absolute Gasteiger partial charge is 0.308 e. The highest BCUT2D eigenvalue weighted by Gasteiger charge is 2.40. The number of rotatable bonds is 10. The average Bonchev–Trinajstić information content (AvgIpc) is 3.71. The molecule has 3 heterocycles. The van der Waals surface area contributed by atoms with Crippen molar-refractivity contribution in [3.63, 3.8) is 0 Å². The summed E-state index contributed by atoms with van der Waals surface area (Å²) in [5.74, 6) is -2.10. The first-order valence-corrected chi connectivity index (χ1v) is 15.7. The lowest BCUT2D eigenvalue weighted by atomic mass is 9.89. The summed E-state index contributed by atoms with van der Waals surface area (Å²) in [5, 5.41) is 9.95. The van der Waals surface area contributed by atoms with Crippen molar-refractivity contribution in [3.05, 3.63) is 83.9 Å². The van der Waals surface area contributed by atoms with Gasteiger partial charge in [0.1, 0.15) is 5.52 Å². The Kier molecular flexibility index (Phi) is 9.32. The third-order valence-corrected chi connectivity index (χ3v) is 8.95. The number of morpholine rings is 1. The molecule has 11 nitrogen and oxygen atoms in total. The van der Waals surface area contributed by atoms with E-state index in [1.54, 1.807) is 16.8 Å². The second kappa shape index (κ2) is 13.7. The summed E-state index contributed by atoms with van der Waals surface area (Å²) in [6.45, 7) is 6.12. The van der Waals surface area contributed by atoms with Gasteiger partial charge in [-0.3, -0.25) is 24.2 Å². The first kappa shape index (κ1) is 31.3. The van der Waals surface area contributed by atoms with Gasteiger partial charge in [-0.15, -0.1) is 0 Å². The number of para-hydroxylation sites is 1. The van der Waals surface area contributed by atoms with Gasteiger partial charge in [-0.05, 0) is 54.4 Å². The number of aliphatic carboxylic acids is 1. The van der Waals surface area contributed by atoms with Crippen molar-refractivity contribution < 1.29 is 28.6 Å². The second-order valence-corrected chi connectivity index (χ2v) is 11.8. The highest BCUT2D eigenvalue weighted by atomic mass is 16.5. The number of benzene rings is 3. The molecule has 240 valence electrons. The molecule has 2 unspecified atom stereocenters. The van der Waals surface area contributed by atoms with Gasteiger partial charge < -0.3 is 24.1 Å². The molecule has 46 heavy (non-hydrogen) atoms. The Morgan fingerprint density at radius 2 is 1.70 bits per heavy atom. The summed E-state index contributed by atoms with van der Waals surface area (Å²) < 4.78 is 11.5. The number of hydrogen-bond donors (Lipinski definition) is 1. The molecule has 6 rings (SSSR count). The summed E-state index contributed by atoms with van der Waals surface area (Å²) in [6.07, 6.45) is 0.171. The molecular weight excluding hydrogens is 586 g/mol. The fourth-order valence-electron chi connectivity index (χ4n) is 6.25. The van der Waals surface area contributed by atoms with Crippen LogP contribution in [0.1, 0.15) is 24.0 Å². The zero-order chi connectivity index (χ0) is 32.2. The van der Waals surface area contributed by atoms with Gasteiger partial charge >= 0.3 is 12.0 Å². The van der Waals surface area contributed by atoms with Gasteiger partial charge in [0.05, 0.1) is 32.1 Å². The molecule has 0 spiro atoms. The number of anilines is 3. The van der Waals surface area contributed by atoms with Crippen LogP contribution in [-0.2, 0) is 25.5 Å². The van der Waals surface area contributed by atoms with E-state index in [-0.39, 0.29) is 37.2 Å². The van der Waals surface area contributed by atoms with Gasteiger partial charge in [0.25, 0.3) is 0 Å². The molecule has 0 saturated carbocycles. The van der Waals surface area contributed by atoms with Crippen LogP contribution < -0.4 is 9.80 Å². The van der Waals surface area contributed by atoms with E-state index in [1.165, 1.54) is 0 Å². The molecule has 2 atom stereocenters. The highest BCUT2D eigenvalue weighted by Crippen LogP contribution is 2.34. The monoisotopic (exact) mass is 625 g/mol. The number of carbonyl (C=O) groups excluding carboxylic acids is 2. The maximum atomic E-state index is 13.3. The molecule has 11 heteroatoms. The Balaban J connectivity index is 1.10. The van der Waals surface area contributed by atoms with Gasteiger partial charge in [0.2, 0.25) is 11.8 Å². The van der Waals surface area contributed by atoms with Gasteiger partial charge in [0.15, 0.2) is 5.58 Å². The topological polar surface area (TPSA) is 120 Å². The second-order valence-electron chi connectivity index (χ2n) is 11.8. The van der Waals surface area contributed by atoms with E-state index in [2.05, 4.69) is 4.98 Å². The third kappa shape index (κ3) is 6.75. The van der Waals surface area contributed by atoms with Crippen LogP contribution in [0.5, 0.6) is 0 Å². The number of nitrogens with zero attached hydrogens (tertiary/aromatic N) is 5. The Bertz CT molecular complexity index is 1680. The van der Waals surface area contributed by atoms with Gasteiger partial charge in [-0.1, -0.05) is 36.4 Å². The van der Waals surface area contributed by atoms with Crippen LogP contribution in [-0.4, -0.2) is 97.2 Å². The molecule has 1 N–H and O–H groups in total. The molecule has 3 aromatic carbocycles. The fraction of sp³-hybridized carbons (Fsp3) is 0.371. The number of likely N-dealkylation sites (tertiary alicyclic amines) is 1. The van der Waals surface area contributed by atoms with E-state index in [1.807, 2.05) is 89.5 Å². The number of ether oxygens (including phenoxy) is 1. The molecule has 2 amide bonds. The van der Waals surface area contributed by atoms with Crippen molar-refractivity contribution in [2.75, 3.05) is 69.3 Å². The molecule has 2 aliphatic heterocycles. The number of hydrogen-bond acceptors (Lipinski definition) is 8. The Morgan fingerprint density at radius 1 is 0.957 bits per heavy atom. The summed E-state index contributed by atoms with van der Waals surface area (Å²) >= 11 is 0. The Labute approximate surface area is 268 Å². The number of aromatic nitrogens is 1. The van der Waals surface area contributed by atoms with Crippen molar-refractivity contribution in [3.8, 4) is 0 Å². The largest absolute Gasteiger partial charge is 0.481 e. The minimum absolute atomic E-state index is 0.0591. The zero-order valence-electron chi connectivity index (χ0n) is 26.2. The van der Waals surface area contributed by atoms with Crippen LogP contribution in [0.25, 0.3) is 11.1 Å². The number of fused-ring (bicyclic) bond motifs is 1. The summed E-state index contributed by atoms with van der Waals surface area (Å²) in [5.41, 5.74) is 4.66.